The van der Waals surface area contributed by atoms with Gasteiger partial charge in [-0.25, -0.2) is 0 Å². The second-order valence-electron chi connectivity index (χ2n) is 3.37. The van der Waals surface area contributed by atoms with Crippen LogP contribution < -0.4 is 5.32 Å². The van der Waals surface area contributed by atoms with E-state index in [1.54, 1.807) is 0 Å². The Morgan fingerprint density at radius 2 is 2.10 bits per heavy atom. The van der Waals surface area contributed by atoms with E-state index in [9.17, 15) is 0 Å². The standard InChI is InChI=1S/C9H19N/c1-3-5-10-7-9-6-8(9)4-2/h8-10H,3-7H2,1-2H3/t8-,9?/m0/s1. The van der Waals surface area contributed by atoms with E-state index in [1.807, 2.05) is 0 Å². The van der Waals surface area contributed by atoms with Crippen LogP contribution >= 0.6 is 0 Å². The minimum absolute atomic E-state index is 1.02. The van der Waals surface area contributed by atoms with E-state index >= 15 is 0 Å². The van der Waals surface area contributed by atoms with E-state index in [-0.39, 0.29) is 0 Å². The lowest BCUT2D eigenvalue weighted by atomic mass is 10.2. The zero-order chi connectivity index (χ0) is 7.40. The second-order valence-corrected chi connectivity index (χ2v) is 3.37. The van der Waals surface area contributed by atoms with Gasteiger partial charge < -0.3 is 5.32 Å². The highest BCUT2D eigenvalue weighted by molar-refractivity contribution is 4.86. The quantitative estimate of drug-likeness (QED) is 0.578. The maximum Gasteiger partial charge on any atom is -0.00178 e. The van der Waals surface area contributed by atoms with Gasteiger partial charge in [0.15, 0.2) is 0 Å². The first-order valence-corrected chi connectivity index (χ1v) is 4.59. The maximum atomic E-state index is 3.46. The van der Waals surface area contributed by atoms with Crippen molar-refractivity contribution in [2.45, 2.75) is 33.1 Å². The summed E-state index contributed by atoms with van der Waals surface area (Å²) >= 11 is 0. The molecule has 0 spiro atoms. The first kappa shape index (κ1) is 8.06. The van der Waals surface area contributed by atoms with E-state index in [0.29, 0.717) is 0 Å². The maximum absolute atomic E-state index is 3.46. The fourth-order valence-corrected chi connectivity index (χ4v) is 1.52. The fraction of sp³-hybridized carbons (Fsp3) is 1.00. The Morgan fingerprint density at radius 3 is 2.60 bits per heavy atom. The van der Waals surface area contributed by atoms with Crippen molar-refractivity contribution < 1.29 is 0 Å². The Labute approximate surface area is 64.2 Å². The van der Waals surface area contributed by atoms with Gasteiger partial charge in [0, 0.05) is 0 Å². The van der Waals surface area contributed by atoms with Gasteiger partial charge in [-0.2, -0.15) is 0 Å². The molecule has 0 bridgehead atoms. The summed E-state index contributed by atoms with van der Waals surface area (Å²) in [5.41, 5.74) is 0. The van der Waals surface area contributed by atoms with Gasteiger partial charge in [0.2, 0.25) is 0 Å². The molecule has 1 rings (SSSR count). The van der Waals surface area contributed by atoms with Crippen LogP contribution in [0.1, 0.15) is 33.1 Å². The summed E-state index contributed by atoms with van der Waals surface area (Å²) in [6.07, 6.45) is 4.13. The van der Waals surface area contributed by atoms with E-state index in [0.717, 1.165) is 11.8 Å². The van der Waals surface area contributed by atoms with Crippen LogP contribution in [-0.4, -0.2) is 13.1 Å². The molecule has 0 aromatic heterocycles. The number of hydrogen-bond acceptors (Lipinski definition) is 1. The van der Waals surface area contributed by atoms with Gasteiger partial charge in [-0.15, -0.1) is 0 Å². The molecule has 1 unspecified atom stereocenters. The molecule has 1 aliphatic rings. The Kier molecular flexibility index (Phi) is 3.20. The van der Waals surface area contributed by atoms with E-state index in [4.69, 9.17) is 0 Å². The molecule has 1 aliphatic carbocycles. The predicted molar refractivity (Wildman–Crippen MR) is 45.0 cm³/mol. The lowest BCUT2D eigenvalue weighted by Gasteiger charge is -1.99. The average molecular weight is 141 g/mol. The number of nitrogens with one attached hydrogen (secondary N) is 1. The molecule has 1 heteroatoms. The Morgan fingerprint density at radius 1 is 1.30 bits per heavy atom. The predicted octanol–water partition coefficient (Wildman–Crippen LogP) is 2.03. The molecular weight excluding hydrogens is 122 g/mol. The van der Waals surface area contributed by atoms with Crippen molar-refractivity contribution in [2.75, 3.05) is 13.1 Å². The zero-order valence-corrected chi connectivity index (χ0v) is 7.19. The summed E-state index contributed by atoms with van der Waals surface area (Å²) in [7, 11) is 0. The fourth-order valence-electron chi connectivity index (χ4n) is 1.52. The molecule has 0 aromatic carbocycles. The van der Waals surface area contributed by atoms with Crippen molar-refractivity contribution in [3.05, 3.63) is 0 Å². The highest BCUT2D eigenvalue weighted by atomic mass is 14.9. The SMILES string of the molecule is CCCNCC1C[C@@H]1CC. The summed E-state index contributed by atoms with van der Waals surface area (Å²) in [6, 6.07) is 0. The summed E-state index contributed by atoms with van der Waals surface area (Å²) in [4.78, 5) is 0. The van der Waals surface area contributed by atoms with Gasteiger partial charge in [-0.05, 0) is 37.8 Å². The van der Waals surface area contributed by atoms with Gasteiger partial charge in [0.05, 0.1) is 0 Å². The Hall–Kier alpha value is -0.0400. The first-order valence-electron chi connectivity index (χ1n) is 4.59. The highest BCUT2D eigenvalue weighted by Gasteiger charge is 2.34. The van der Waals surface area contributed by atoms with Crippen LogP contribution in [0.3, 0.4) is 0 Å². The summed E-state index contributed by atoms with van der Waals surface area (Å²) in [5, 5.41) is 3.46. The monoisotopic (exact) mass is 141 g/mol. The minimum atomic E-state index is 1.02. The van der Waals surface area contributed by atoms with E-state index in [1.165, 1.54) is 32.4 Å². The molecule has 60 valence electrons. The molecule has 1 saturated carbocycles. The summed E-state index contributed by atoms with van der Waals surface area (Å²) in [6.45, 7) is 6.99. The van der Waals surface area contributed by atoms with Gasteiger partial charge >= 0.3 is 0 Å². The van der Waals surface area contributed by atoms with Crippen LogP contribution in [0.15, 0.2) is 0 Å². The molecule has 0 aliphatic heterocycles. The van der Waals surface area contributed by atoms with E-state index < -0.39 is 0 Å². The van der Waals surface area contributed by atoms with Gasteiger partial charge in [-0.3, -0.25) is 0 Å². The van der Waals surface area contributed by atoms with Crippen molar-refractivity contribution in [3.63, 3.8) is 0 Å². The lowest BCUT2D eigenvalue weighted by Crippen LogP contribution is -2.17. The molecule has 0 amide bonds. The minimum Gasteiger partial charge on any atom is -0.316 e. The molecule has 0 aromatic rings. The second kappa shape index (κ2) is 3.97. The molecule has 1 nitrogen and oxygen atoms in total. The van der Waals surface area contributed by atoms with Crippen LogP contribution in [0, 0.1) is 11.8 Å². The van der Waals surface area contributed by atoms with Crippen LogP contribution in [0.4, 0.5) is 0 Å². The molecular formula is C9H19N. The van der Waals surface area contributed by atoms with Crippen LogP contribution in [0.5, 0.6) is 0 Å². The van der Waals surface area contributed by atoms with E-state index in [2.05, 4.69) is 19.2 Å². The normalized spacial score (nSPS) is 30.6. The molecule has 10 heavy (non-hydrogen) atoms. The van der Waals surface area contributed by atoms with Crippen molar-refractivity contribution in [3.8, 4) is 0 Å². The third-order valence-electron chi connectivity index (χ3n) is 2.43. The Bertz CT molecular complexity index is 90.7. The Balaban J connectivity index is 1.87. The van der Waals surface area contributed by atoms with Crippen molar-refractivity contribution >= 4 is 0 Å². The third kappa shape index (κ3) is 2.30. The number of rotatable bonds is 5. The smallest absolute Gasteiger partial charge is 0.00178 e. The lowest BCUT2D eigenvalue weighted by molar-refractivity contribution is 0.587. The highest BCUT2D eigenvalue weighted by Crippen LogP contribution is 2.40. The summed E-state index contributed by atoms with van der Waals surface area (Å²) < 4.78 is 0. The van der Waals surface area contributed by atoms with Crippen molar-refractivity contribution in [2.24, 2.45) is 11.8 Å². The van der Waals surface area contributed by atoms with Crippen molar-refractivity contribution in [1.29, 1.82) is 0 Å². The molecule has 0 radical (unpaired) electrons. The molecule has 2 atom stereocenters. The van der Waals surface area contributed by atoms with Crippen LogP contribution in [-0.2, 0) is 0 Å². The molecule has 0 saturated heterocycles. The van der Waals surface area contributed by atoms with Crippen LogP contribution in [0.25, 0.3) is 0 Å². The largest absolute Gasteiger partial charge is 0.316 e. The zero-order valence-electron chi connectivity index (χ0n) is 7.19. The molecule has 1 fully saturated rings. The first-order chi connectivity index (χ1) is 4.88. The summed E-state index contributed by atoms with van der Waals surface area (Å²) in [5.74, 6) is 2.08. The van der Waals surface area contributed by atoms with Crippen molar-refractivity contribution in [1.82, 2.24) is 5.32 Å². The molecule has 0 heterocycles. The topological polar surface area (TPSA) is 12.0 Å². The number of hydrogen-bond donors (Lipinski definition) is 1. The van der Waals surface area contributed by atoms with Gasteiger partial charge in [0.1, 0.15) is 0 Å². The van der Waals surface area contributed by atoms with Crippen LogP contribution in [0.2, 0.25) is 0 Å². The van der Waals surface area contributed by atoms with Gasteiger partial charge in [-0.1, -0.05) is 20.3 Å². The molecule has 1 N–H and O–H groups in total. The van der Waals surface area contributed by atoms with Gasteiger partial charge in [0.25, 0.3) is 0 Å². The third-order valence-corrected chi connectivity index (χ3v) is 2.43. The average Bonchev–Trinajstić information content (AvgIpc) is 2.68.